The lowest BCUT2D eigenvalue weighted by atomic mass is 9.90. The molecule has 0 aliphatic heterocycles. The van der Waals surface area contributed by atoms with Crippen molar-refractivity contribution in [3.8, 4) is 0 Å². The van der Waals surface area contributed by atoms with E-state index in [1.54, 1.807) is 12.2 Å². The van der Waals surface area contributed by atoms with E-state index in [9.17, 15) is 0 Å². The Bertz CT molecular complexity index is 354. The maximum atomic E-state index is 7.74. The Morgan fingerprint density at radius 1 is 1.43 bits per heavy atom. The van der Waals surface area contributed by atoms with Crippen LogP contribution in [0, 0.1) is 17.7 Å². The molecule has 2 N–H and O–H groups in total. The van der Waals surface area contributed by atoms with Crippen molar-refractivity contribution in [3.63, 3.8) is 0 Å². The van der Waals surface area contributed by atoms with Crippen LogP contribution in [-0.4, -0.2) is 20.9 Å². The Labute approximate surface area is 84.0 Å². The van der Waals surface area contributed by atoms with Crippen LogP contribution in [0.15, 0.2) is 6.08 Å². The zero-order valence-electron chi connectivity index (χ0n) is 9.05. The summed E-state index contributed by atoms with van der Waals surface area (Å²) in [5.74, 6) is 1.41. The number of aryl methyl sites for hydroxylation is 1. The predicted octanol–water partition coefficient (Wildman–Crippen LogP) is 2.19. The minimum absolute atomic E-state index is 0.123. The predicted molar refractivity (Wildman–Crippen MR) is 57.3 cm³/mol. The van der Waals surface area contributed by atoms with Crippen molar-refractivity contribution in [1.29, 1.82) is 5.41 Å². The van der Waals surface area contributed by atoms with Gasteiger partial charge in [-0.2, -0.15) is 5.10 Å². The van der Waals surface area contributed by atoms with Crippen molar-refractivity contribution in [3.05, 3.63) is 17.7 Å². The highest BCUT2D eigenvalue weighted by Gasteiger charge is 2.14. The third kappa shape index (κ3) is 2.80. The molecule has 0 saturated heterocycles. The molecule has 1 aromatic heterocycles. The number of aromatic nitrogens is 3. The number of rotatable bonds is 2. The van der Waals surface area contributed by atoms with Gasteiger partial charge in [0.2, 0.25) is 0 Å². The number of hydrogen-bond acceptors (Lipinski definition) is 3. The summed E-state index contributed by atoms with van der Waals surface area (Å²) < 4.78 is 0. The molecule has 76 valence electrons. The van der Waals surface area contributed by atoms with Crippen molar-refractivity contribution in [2.24, 2.45) is 5.41 Å². The third-order valence-corrected chi connectivity index (χ3v) is 1.82. The molecule has 0 aliphatic rings. The van der Waals surface area contributed by atoms with Crippen LogP contribution in [0.3, 0.4) is 0 Å². The van der Waals surface area contributed by atoms with Gasteiger partial charge in [0.25, 0.3) is 0 Å². The van der Waals surface area contributed by atoms with Gasteiger partial charge in [0, 0.05) is 11.1 Å². The van der Waals surface area contributed by atoms with E-state index in [0.717, 1.165) is 5.82 Å². The highest BCUT2D eigenvalue weighted by molar-refractivity contribution is 5.99. The molecule has 0 saturated carbocycles. The first-order valence-corrected chi connectivity index (χ1v) is 4.56. The molecule has 14 heavy (non-hydrogen) atoms. The van der Waals surface area contributed by atoms with Crippen LogP contribution >= 0.6 is 0 Å². The molecule has 1 aromatic rings. The lowest BCUT2D eigenvalue weighted by molar-refractivity contribution is 0.591. The maximum absolute atomic E-state index is 7.74. The van der Waals surface area contributed by atoms with E-state index in [-0.39, 0.29) is 5.41 Å². The molecule has 0 radical (unpaired) electrons. The Kier molecular flexibility index (Phi) is 2.84. The topological polar surface area (TPSA) is 65.4 Å². The Morgan fingerprint density at radius 3 is 2.50 bits per heavy atom. The van der Waals surface area contributed by atoms with E-state index < -0.39 is 0 Å². The fourth-order valence-corrected chi connectivity index (χ4v) is 0.842. The maximum Gasteiger partial charge on any atom is 0.173 e. The van der Waals surface area contributed by atoms with Gasteiger partial charge in [0.15, 0.2) is 5.82 Å². The molecule has 1 heterocycles. The monoisotopic (exact) mass is 192 g/mol. The van der Waals surface area contributed by atoms with Crippen LogP contribution in [0.4, 0.5) is 0 Å². The standard InChI is InChI=1S/C10H16N4/c1-7-12-9(14-13-7)6-5-8(11)10(2,3)4/h5-6,11H,1-4H3,(H,12,13,14)/b6-5-,11-8?. The zero-order chi connectivity index (χ0) is 10.8. The molecular weight excluding hydrogens is 176 g/mol. The van der Waals surface area contributed by atoms with Crippen LogP contribution in [0.5, 0.6) is 0 Å². The molecule has 0 aliphatic carbocycles. The molecular formula is C10H16N4. The van der Waals surface area contributed by atoms with E-state index in [1.807, 2.05) is 27.7 Å². The average Bonchev–Trinajstić information content (AvgIpc) is 2.45. The van der Waals surface area contributed by atoms with Gasteiger partial charge in [-0.15, -0.1) is 0 Å². The molecule has 0 amide bonds. The largest absolute Gasteiger partial charge is 0.305 e. The van der Waals surface area contributed by atoms with Crippen molar-refractivity contribution in [2.75, 3.05) is 0 Å². The summed E-state index contributed by atoms with van der Waals surface area (Å²) in [6, 6.07) is 0. The van der Waals surface area contributed by atoms with Gasteiger partial charge in [0.1, 0.15) is 5.82 Å². The molecule has 0 atom stereocenters. The number of hydrogen-bond donors (Lipinski definition) is 2. The summed E-state index contributed by atoms with van der Waals surface area (Å²) in [6.07, 6.45) is 3.49. The zero-order valence-corrected chi connectivity index (χ0v) is 9.05. The molecule has 0 fully saturated rings. The van der Waals surface area contributed by atoms with Crippen LogP contribution in [0.25, 0.3) is 6.08 Å². The van der Waals surface area contributed by atoms with Gasteiger partial charge >= 0.3 is 0 Å². The number of allylic oxidation sites excluding steroid dienone is 1. The second-order valence-corrected chi connectivity index (χ2v) is 4.28. The highest BCUT2D eigenvalue weighted by atomic mass is 15.2. The first kappa shape index (κ1) is 10.6. The van der Waals surface area contributed by atoms with Crippen LogP contribution in [-0.2, 0) is 0 Å². The second kappa shape index (κ2) is 3.74. The Morgan fingerprint density at radius 2 is 2.07 bits per heavy atom. The number of aromatic amines is 1. The third-order valence-electron chi connectivity index (χ3n) is 1.82. The average molecular weight is 192 g/mol. The lowest BCUT2D eigenvalue weighted by Gasteiger charge is -2.16. The minimum Gasteiger partial charge on any atom is -0.305 e. The fourth-order valence-electron chi connectivity index (χ4n) is 0.842. The quantitative estimate of drug-likeness (QED) is 0.705. The molecule has 0 aromatic carbocycles. The highest BCUT2D eigenvalue weighted by Crippen LogP contribution is 2.15. The van der Waals surface area contributed by atoms with E-state index in [0.29, 0.717) is 11.5 Å². The minimum atomic E-state index is -0.123. The van der Waals surface area contributed by atoms with Gasteiger partial charge in [-0.25, -0.2) is 4.98 Å². The fraction of sp³-hybridized carbons (Fsp3) is 0.500. The molecule has 4 heteroatoms. The van der Waals surface area contributed by atoms with E-state index >= 15 is 0 Å². The van der Waals surface area contributed by atoms with Crippen molar-refractivity contribution in [2.45, 2.75) is 27.7 Å². The van der Waals surface area contributed by atoms with Crippen molar-refractivity contribution in [1.82, 2.24) is 15.2 Å². The first-order chi connectivity index (χ1) is 6.39. The van der Waals surface area contributed by atoms with Crippen LogP contribution in [0.2, 0.25) is 0 Å². The molecule has 0 spiro atoms. The lowest BCUT2D eigenvalue weighted by Crippen LogP contribution is -2.16. The van der Waals surface area contributed by atoms with E-state index in [4.69, 9.17) is 5.41 Å². The van der Waals surface area contributed by atoms with Gasteiger partial charge in [-0.3, -0.25) is 5.10 Å². The van der Waals surface area contributed by atoms with Crippen molar-refractivity contribution >= 4 is 11.8 Å². The van der Waals surface area contributed by atoms with E-state index in [1.165, 1.54) is 0 Å². The summed E-state index contributed by atoms with van der Waals surface area (Å²) in [5, 5.41) is 14.4. The first-order valence-electron chi connectivity index (χ1n) is 4.56. The molecule has 4 nitrogen and oxygen atoms in total. The van der Waals surface area contributed by atoms with Gasteiger partial charge < -0.3 is 5.41 Å². The molecule has 1 rings (SSSR count). The summed E-state index contributed by atoms with van der Waals surface area (Å²) >= 11 is 0. The van der Waals surface area contributed by atoms with Gasteiger partial charge in [-0.05, 0) is 19.1 Å². The van der Waals surface area contributed by atoms with E-state index in [2.05, 4.69) is 15.2 Å². The summed E-state index contributed by atoms with van der Waals surface area (Å²) in [5.41, 5.74) is 0.446. The van der Waals surface area contributed by atoms with Crippen LogP contribution in [0.1, 0.15) is 32.4 Å². The molecule has 0 unspecified atom stereocenters. The second-order valence-electron chi connectivity index (χ2n) is 4.28. The Hall–Kier alpha value is -1.45. The van der Waals surface area contributed by atoms with Crippen LogP contribution < -0.4 is 0 Å². The van der Waals surface area contributed by atoms with Gasteiger partial charge in [0.05, 0.1) is 0 Å². The van der Waals surface area contributed by atoms with Gasteiger partial charge in [-0.1, -0.05) is 20.8 Å². The van der Waals surface area contributed by atoms with Crippen molar-refractivity contribution < 1.29 is 0 Å². The summed E-state index contributed by atoms with van der Waals surface area (Å²) in [6.45, 7) is 7.86. The molecule has 0 bridgehead atoms. The summed E-state index contributed by atoms with van der Waals surface area (Å²) in [4.78, 5) is 4.11. The number of nitrogens with zero attached hydrogens (tertiary/aromatic N) is 2. The summed E-state index contributed by atoms with van der Waals surface area (Å²) in [7, 11) is 0. The number of nitrogens with one attached hydrogen (secondary N) is 2. The SMILES string of the molecule is Cc1nc(/C=C\C(=N)C(C)(C)C)n[nH]1. The Balaban J connectivity index is 2.70. The smallest absolute Gasteiger partial charge is 0.173 e. The normalized spacial score (nSPS) is 12.3. The number of H-pyrrole nitrogens is 1.